The zero-order valence-electron chi connectivity index (χ0n) is 11.6. The average molecular weight is 280 g/mol. The van der Waals surface area contributed by atoms with Crippen LogP contribution in [0.5, 0.6) is 0 Å². The summed E-state index contributed by atoms with van der Waals surface area (Å²) >= 11 is 0. The number of nitro groups is 1. The molecule has 2 heterocycles. The van der Waals surface area contributed by atoms with Gasteiger partial charge in [0.05, 0.1) is 4.92 Å². The Balaban J connectivity index is 2.09. The molecular weight excluding hydrogens is 264 g/mol. The van der Waals surface area contributed by atoms with Gasteiger partial charge in [0.25, 0.3) is 0 Å². The summed E-state index contributed by atoms with van der Waals surface area (Å²) < 4.78 is 6.46. The van der Waals surface area contributed by atoms with Crippen molar-refractivity contribution in [1.29, 1.82) is 0 Å². The van der Waals surface area contributed by atoms with Gasteiger partial charge in [-0.15, -0.1) is 0 Å². The molecule has 0 bridgehead atoms. The number of hydrogen-bond acceptors (Lipinski definition) is 7. The minimum atomic E-state index is -0.412. The third-order valence-electron chi connectivity index (χ3n) is 2.81. The number of rotatable bonds is 6. The summed E-state index contributed by atoms with van der Waals surface area (Å²) in [5.74, 6) is 1.46. The lowest BCUT2D eigenvalue weighted by molar-refractivity contribution is -0.384. The van der Waals surface area contributed by atoms with Crippen LogP contribution in [0.15, 0.2) is 4.52 Å². The van der Waals surface area contributed by atoms with Crippen LogP contribution in [0.3, 0.4) is 0 Å². The molecule has 108 valence electrons. The second-order valence-electron chi connectivity index (χ2n) is 4.29. The van der Waals surface area contributed by atoms with Gasteiger partial charge in [-0.3, -0.25) is 10.1 Å². The van der Waals surface area contributed by atoms with Crippen LogP contribution in [0.2, 0.25) is 0 Å². The van der Waals surface area contributed by atoms with Crippen molar-refractivity contribution in [3.63, 3.8) is 0 Å². The molecule has 0 saturated heterocycles. The number of anilines is 1. The van der Waals surface area contributed by atoms with Crippen LogP contribution < -0.4 is 5.32 Å². The standard InChI is InChI=1S/C11H16N6O3/c1-4-8-10(17(18)19)11(16(3)14-8)12-6-5-9-13-7(2)15-20-9/h12H,4-6H2,1-3H3. The second-order valence-corrected chi connectivity index (χ2v) is 4.29. The van der Waals surface area contributed by atoms with Crippen molar-refractivity contribution in [2.45, 2.75) is 26.7 Å². The molecule has 0 saturated carbocycles. The van der Waals surface area contributed by atoms with Gasteiger partial charge >= 0.3 is 5.69 Å². The topological polar surface area (TPSA) is 112 Å². The Kier molecular flexibility index (Phi) is 3.97. The van der Waals surface area contributed by atoms with Gasteiger partial charge in [0.2, 0.25) is 11.7 Å². The minimum absolute atomic E-state index is 0.0247. The highest BCUT2D eigenvalue weighted by molar-refractivity contribution is 5.59. The first-order chi connectivity index (χ1) is 9.52. The summed E-state index contributed by atoms with van der Waals surface area (Å²) in [6.07, 6.45) is 0.999. The van der Waals surface area contributed by atoms with Crippen molar-refractivity contribution in [1.82, 2.24) is 19.9 Å². The number of aryl methyl sites for hydroxylation is 3. The third kappa shape index (κ3) is 2.76. The van der Waals surface area contributed by atoms with E-state index in [2.05, 4.69) is 20.6 Å². The summed E-state index contributed by atoms with van der Waals surface area (Å²) in [4.78, 5) is 14.8. The van der Waals surface area contributed by atoms with Crippen LogP contribution in [0, 0.1) is 17.0 Å². The van der Waals surface area contributed by atoms with Gasteiger partial charge in [-0.05, 0) is 13.3 Å². The van der Waals surface area contributed by atoms with Crippen LogP contribution in [-0.2, 0) is 19.9 Å². The maximum atomic E-state index is 11.1. The van der Waals surface area contributed by atoms with E-state index in [0.717, 1.165) is 0 Å². The van der Waals surface area contributed by atoms with Gasteiger partial charge in [0.15, 0.2) is 5.82 Å². The molecule has 9 heteroatoms. The quantitative estimate of drug-likeness (QED) is 0.625. The zero-order valence-corrected chi connectivity index (χ0v) is 11.6. The zero-order chi connectivity index (χ0) is 14.7. The highest BCUT2D eigenvalue weighted by Gasteiger charge is 2.25. The van der Waals surface area contributed by atoms with Crippen LogP contribution in [0.25, 0.3) is 0 Å². The maximum Gasteiger partial charge on any atom is 0.333 e. The molecule has 0 spiro atoms. The number of nitrogens with zero attached hydrogens (tertiary/aromatic N) is 5. The van der Waals surface area contributed by atoms with Gasteiger partial charge < -0.3 is 9.84 Å². The molecule has 0 aromatic carbocycles. The van der Waals surface area contributed by atoms with E-state index < -0.39 is 4.92 Å². The molecule has 2 aromatic heterocycles. The summed E-state index contributed by atoms with van der Waals surface area (Å²) in [7, 11) is 1.67. The van der Waals surface area contributed by atoms with E-state index >= 15 is 0 Å². The predicted octanol–water partition coefficient (Wildman–Crippen LogP) is 1.24. The predicted molar refractivity (Wildman–Crippen MR) is 70.5 cm³/mol. The van der Waals surface area contributed by atoms with E-state index in [-0.39, 0.29) is 5.69 Å². The van der Waals surface area contributed by atoms with E-state index in [1.54, 1.807) is 14.0 Å². The van der Waals surface area contributed by atoms with Crippen LogP contribution >= 0.6 is 0 Å². The van der Waals surface area contributed by atoms with Crippen molar-refractivity contribution in [3.05, 3.63) is 27.5 Å². The van der Waals surface area contributed by atoms with Gasteiger partial charge in [0, 0.05) is 20.0 Å². The Labute approximate surface area is 115 Å². The fraction of sp³-hybridized carbons (Fsp3) is 0.545. The van der Waals surface area contributed by atoms with Crippen molar-refractivity contribution in [3.8, 4) is 0 Å². The van der Waals surface area contributed by atoms with Crippen molar-refractivity contribution < 1.29 is 9.45 Å². The summed E-state index contributed by atoms with van der Waals surface area (Å²) in [5, 5.41) is 22.0. The Morgan fingerprint density at radius 1 is 1.50 bits per heavy atom. The molecule has 0 amide bonds. The average Bonchev–Trinajstić information content (AvgIpc) is 2.94. The first kappa shape index (κ1) is 14.0. The van der Waals surface area contributed by atoms with Crippen molar-refractivity contribution in [2.24, 2.45) is 7.05 Å². The SMILES string of the molecule is CCc1nn(C)c(NCCc2nc(C)no2)c1[N+](=O)[O-]. The van der Waals surface area contributed by atoms with E-state index in [9.17, 15) is 10.1 Å². The summed E-state index contributed by atoms with van der Waals surface area (Å²) in [6, 6.07) is 0. The van der Waals surface area contributed by atoms with Crippen molar-refractivity contribution in [2.75, 3.05) is 11.9 Å². The fourth-order valence-corrected chi connectivity index (χ4v) is 1.93. The van der Waals surface area contributed by atoms with Crippen molar-refractivity contribution >= 4 is 11.5 Å². The van der Waals surface area contributed by atoms with Gasteiger partial charge in [-0.2, -0.15) is 10.1 Å². The Hall–Kier alpha value is -2.45. The van der Waals surface area contributed by atoms with Gasteiger partial charge in [-0.25, -0.2) is 4.68 Å². The Morgan fingerprint density at radius 3 is 2.80 bits per heavy atom. The molecule has 2 rings (SSSR count). The molecule has 0 atom stereocenters. The molecule has 20 heavy (non-hydrogen) atoms. The fourth-order valence-electron chi connectivity index (χ4n) is 1.93. The molecule has 0 radical (unpaired) electrons. The normalized spacial score (nSPS) is 10.8. The van der Waals surface area contributed by atoms with Crippen LogP contribution in [-0.4, -0.2) is 31.4 Å². The number of aromatic nitrogens is 4. The van der Waals surface area contributed by atoms with E-state index in [1.165, 1.54) is 4.68 Å². The molecule has 0 aliphatic rings. The van der Waals surface area contributed by atoms with Gasteiger partial charge in [-0.1, -0.05) is 12.1 Å². The molecule has 0 aliphatic heterocycles. The van der Waals surface area contributed by atoms with Gasteiger partial charge in [0.1, 0.15) is 5.69 Å². The minimum Gasteiger partial charge on any atom is -0.364 e. The summed E-state index contributed by atoms with van der Waals surface area (Å²) in [5.41, 5.74) is 0.491. The second kappa shape index (κ2) is 5.68. The maximum absolute atomic E-state index is 11.1. The molecule has 9 nitrogen and oxygen atoms in total. The molecular formula is C11H16N6O3. The first-order valence-electron chi connectivity index (χ1n) is 6.26. The summed E-state index contributed by atoms with van der Waals surface area (Å²) in [6.45, 7) is 4.02. The molecule has 2 aromatic rings. The number of nitrogens with one attached hydrogen (secondary N) is 1. The highest BCUT2D eigenvalue weighted by atomic mass is 16.6. The monoisotopic (exact) mass is 280 g/mol. The Morgan fingerprint density at radius 2 is 2.25 bits per heavy atom. The van der Waals surface area contributed by atoms with E-state index in [4.69, 9.17) is 4.52 Å². The highest BCUT2D eigenvalue weighted by Crippen LogP contribution is 2.28. The number of hydrogen-bond donors (Lipinski definition) is 1. The largest absolute Gasteiger partial charge is 0.364 e. The lowest BCUT2D eigenvalue weighted by atomic mass is 10.3. The molecule has 1 N–H and O–H groups in total. The van der Waals surface area contributed by atoms with E-state index in [1.807, 2.05) is 6.92 Å². The molecule has 0 unspecified atom stereocenters. The van der Waals surface area contributed by atoms with Crippen LogP contribution in [0.1, 0.15) is 24.3 Å². The molecule has 0 aliphatic carbocycles. The van der Waals surface area contributed by atoms with Crippen LogP contribution in [0.4, 0.5) is 11.5 Å². The van der Waals surface area contributed by atoms with E-state index in [0.29, 0.717) is 42.6 Å². The third-order valence-corrected chi connectivity index (χ3v) is 2.81. The lowest BCUT2D eigenvalue weighted by Crippen LogP contribution is -2.10. The lowest BCUT2D eigenvalue weighted by Gasteiger charge is -2.03. The smallest absolute Gasteiger partial charge is 0.333 e. The Bertz CT molecular complexity index is 618. The first-order valence-corrected chi connectivity index (χ1v) is 6.26. The molecule has 0 fully saturated rings.